The maximum Gasteiger partial charge on any atom is 0.239 e. The van der Waals surface area contributed by atoms with E-state index >= 15 is 0 Å². The van der Waals surface area contributed by atoms with Gasteiger partial charge in [-0.1, -0.05) is 13.8 Å². The monoisotopic (exact) mass is 267 g/mol. The molecule has 2 rings (SSSR count). The van der Waals surface area contributed by atoms with E-state index in [0.717, 1.165) is 12.8 Å². The van der Waals surface area contributed by atoms with E-state index < -0.39 is 6.04 Å². The first-order chi connectivity index (χ1) is 8.91. The maximum absolute atomic E-state index is 12.2. The van der Waals surface area contributed by atoms with Gasteiger partial charge < -0.3 is 15.5 Å². The number of amides is 2. The molecular weight excluding hydrogens is 242 g/mol. The number of nitrogens with two attached hydrogens (primary N) is 1. The summed E-state index contributed by atoms with van der Waals surface area (Å²) in [6, 6.07) is -0.331. The molecule has 1 saturated carbocycles. The molecule has 0 spiro atoms. The number of carbonyl (C=O) groups excluding carboxylic acids is 2. The van der Waals surface area contributed by atoms with Gasteiger partial charge in [0.25, 0.3) is 0 Å². The smallest absolute Gasteiger partial charge is 0.239 e. The van der Waals surface area contributed by atoms with E-state index in [1.54, 1.807) is 0 Å². The SMILES string of the molecule is CC(C)C(N)C(=O)N1CCN(C(=O)C2CC2)C(C)C1. The second-order valence-corrected chi connectivity index (χ2v) is 6.21. The number of hydrogen-bond donors (Lipinski definition) is 1. The van der Waals surface area contributed by atoms with Crippen molar-refractivity contribution in [3.05, 3.63) is 0 Å². The van der Waals surface area contributed by atoms with Gasteiger partial charge in [-0.25, -0.2) is 0 Å². The minimum Gasteiger partial charge on any atom is -0.338 e. The molecule has 2 amide bonds. The van der Waals surface area contributed by atoms with Crippen LogP contribution in [0, 0.1) is 11.8 Å². The first-order valence-electron chi connectivity index (χ1n) is 7.26. The topological polar surface area (TPSA) is 66.6 Å². The molecule has 0 aromatic heterocycles. The third-order valence-corrected chi connectivity index (χ3v) is 4.15. The van der Waals surface area contributed by atoms with Crippen LogP contribution in [0.2, 0.25) is 0 Å². The van der Waals surface area contributed by atoms with Crippen LogP contribution in [-0.4, -0.2) is 53.3 Å². The molecule has 0 aromatic carbocycles. The van der Waals surface area contributed by atoms with Gasteiger partial charge >= 0.3 is 0 Å². The van der Waals surface area contributed by atoms with Crippen molar-refractivity contribution in [1.29, 1.82) is 0 Å². The fraction of sp³-hybridized carbons (Fsp3) is 0.857. The van der Waals surface area contributed by atoms with Crippen molar-refractivity contribution < 1.29 is 9.59 Å². The molecule has 0 bridgehead atoms. The summed E-state index contributed by atoms with van der Waals surface area (Å²) in [5, 5.41) is 0. The Morgan fingerprint density at radius 3 is 2.32 bits per heavy atom. The summed E-state index contributed by atoms with van der Waals surface area (Å²) in [6.45, 7) is 7.80. The van der Waals surface area contributed by atoms with E-state index in [1.165, 1.54) is 0 Å². The molecule has 1 heterocycles. The van der Waals surface area contributed by atoms with E-state index in [4.69, 9.17) is 5.73 Å². The number of rotatable bonds is 3. The van der Waals surface area contributed by atoms with Gasteiger partial charge in [-0.15, -0.1) is 0 Å². The van der Waals surface area contributed by atoms with Gasteiger partial charge in [0.1, 0.15) is 0 Å². The van der Waals surface area contributed by atoms with Crippen molar-refractivity contribution >= 4 is 11.8 Å². The molecule has 1 aliphatic carbocycles. The number of piperazine rings is 1. The Bertz CT molecular complexity index is 366. The van der Waals surface area contributed by atoms with Crippen molar-refractivity contribution in [3.63, 3.8) is 0 Å². The Morgan fingerprint density at radius 1 is 1.21 bits per heavy atom. The third kappa shape index (κ3) is 3.08. The van der Waals surface area contributed by atoms with E-state index in [1.807, 2.05) is 30.6 Å². The van der Waals surface area contributed by atoms with Gasteiger partial charge in [0.15, 0.2) is 0 Å². The van der Waals surface area contributed by atoms with Crippen LogP contribution in [-0.2, 0) is 9.59 Å². The highest BCUT2D eigenvalue weighted by molar-refractivity contribution is 5.84. The highest BCUT2D eigenvalue weighted by Crippen LogP contribution is 2.32. The van der Waals surface area contributed by atoms with Crippen LogP contribution in [0.4, 0.5) is 0 Å². The Labute approximate surface area is 115 Å². The largest absolute Gasteiger partial charge is 0.338 e. The van der Waals surface area contributed by atoms with Crippen LogP contribution in [0.5, 0.6) is 0 Å². The molecule has 0 aromatic rings. The highest BCUT2D eigenvalue weighted by Gasteiger charge is 2.38. The van der Waals surface area contributed by atoms with Crippen molar-refractivity contribution in [2.45, 2.75) is 45.7 Å². The molecule has 5 nitrogen and oxygen atoms in total. The van der Waals surface area contributed by atoms with Crippen molar-refractivity contribution in [3.8, 4) is 0 Å². The van der Waals surface area contributed by atoms with Crippen LogP contribution in [0.25, 0.3) is 0 Å². The van der Waals surface area contributed by atoms with E-state index in [-0.39, 0.29) is 29.7 Å². The zero-order valence-electron chi connectivity index (χ0n) is 12.1. The lowest BCUT2D eigenvalue weighted by molar-refractivity contribution is -0.144. The standard InChI is InChI=1S/C14H25N3O2/c1-9(2)12(15)14(19)16-6-7-17(10(3)8-16)13(18)11-4-5-11/h9-12H,4-8,15H2,1-3H3. The van der Waals surface area contributed by atoms with Gasteiger partial charge in [-0.2, -0.15) is 0 Å². The molecule has 1 saturated heterocycles. The highest BCUT2D eigenvalue weighted by atomic mass is 16.2. The predicted molar refractivity (Wildman–Crippen MR) is 73.3 cm³/mol. The quantitative estimate of drug-likeness (QED) is 0.807. The molecule has 0 radical (unpaired) electrons. The maximum atomic E-state index is 12.2. The Hall–Kier alpha value is -1.10. The van der Waals surface area contributed by atoms with E-state index in [9.17, 15) is 9.59 Å². The Morgan fingerprint density at radius 2 is 1.84 bits per heavy atom. The molecule has 19 heavy (non-hydrogen) atoms. The molecule has 1 aliphatic heterocycles. The number of nitrogens with zero attached hydrogens (tertiary/aromatic N) is 2. The Kier molecular flexibility index (Phi) is 4.13. The average molecular weight is 267 g/mol. The van der Waals surface area contributed by atoms with Crippen LogP contribution in [0.3, 0.4) is 0 Å². The van der Waals surface area contributed by atoms with Gasteiger partial charge in [0.2, 0.25) is 11.8 Å². The first-order valence-corrected chi connectivity index (χ1v) is 7.26. The molecule has 2 aliphatic rings. The fourth-order valence-corrected chi connectivity index (χ4v) is 2.55. The Balaban J connectivity index is 1.92. The van der Waals surface area contributed by atoms with Crippen LogP contribution in [0.15, 0.2) is 0 Å². The number of carbonyl (C=O) groups is 2. The first kappa shape index (κ1) is 14.3. The molecule has 5 heteroatoms. The summed E-state index contributed by atoms with van der Waals surface area (Å²) in [4.78, 5) is 28.0. The zero-order valence-corrected chi connectivity index (χ0v) is 12.1. The van der Waals surface area contributed by atoms with Gasteiger partial charge in [-0.05, 0) is 25.7 Å². The molecular formula is C14H25N3O2. The predicted octanol–water partition coefficient (Wildman–Crippen LogP) is 0.439. The minimum absolute atomic E-state index is 0.0142. The second kappa shape index (κ2) is 5.49. The average Bonchev–Trinajstić information content (AvgIpc) is 3.20. The van der Waals surface area contributed by atoms with Gasteiger partial charge in [0.05, 0.1) is 6.04 Å². The molecule has 2 fully saturated rings. The molecule has 2 N–H and O–H groups in total. The summed E-state index contributed by atoms with van der Waals surface area (Å²) in [7, 11) is 0. The lowest BCUT2D eigenvalue weighted by atomic mass is 10.0. The van der Waals surface area contributed by atoms with Gasteiger partial charge in [0, 0.05) is 31.6 Å². The summed E-state index contributed by atoms with van der Waals surface area (Å²) in [5.74, 6) is 0.685. The molecule has 2 atom stereocenters. The van der Waals surface area contributed by atoms with E-state index in [2.05, 4.69) is 0 Å². The molecule has 2 unspecified atom stereocenters. The van der Waals surface area contributed by atoms with Crippen LogP contribution in [0.1, 0.15) is 33.6 Å². The minimum atomic E-state index is -0.433. The summed E-state index contributed by atoms with van der Waals surface area (Å²) in [5.41, 5.74) is 5.92. The number of hydrogen-bond acceptors (Lipinski definition) is 3. The van der Waals surface area contributed by atoms with Crippen molar-refractivity contribution in [2.75, 3.05) is 19.6 Å². The van der Waals surface area contributed by atoms with Crippen LogP contribution >= 0.6 is 0 Å². The van der Waals surface area contributed by atoms with Crippen LogP contribution < -0.4 is 5.73 Å². The second-order valence-electron chi connectivity index (χ2n) is 6.21. The summed E-state index contributed by atoms with van der Waals surface area (Å²) in [6.07, 6.45) is 2.06. The third-order valence-electron chi connectivity index (χ3n) is 4.15. The zero-order chi connectivity index (χ0) is 14.2. The van der Waals surface area contributed by atoms with E-state index in [0.29, 0.717) is 19.6 Å². The fourth-order valence-electron chi connectivity index (χ4n) is 2.55. The van der Waals surface area contributed by atoms with Crippen molar-refractivity contribution in [2.24, 2.45) is 17.6 Å². The lowest BCUT2D eigenvalue weighted by Crippen LogP contribution is -2.59. The summed E-state index contributed by atoms with van der Waals surface area (Å²) >= 11 is 0. The summed E-state index contributed by atoms with van der Waals surface area (Å²) < 4.78 is 0. The normalized spacial score (nSPS) is 25.6. The molecule has 108 valence electrons. The van der Waals surface area contributed by atoms with Gasteiger partial charge in [-0.3, -0.25) is 9.59 Å². The lowest BCUT2D eigenvalue weighted by Gasteiger charge is -2.41. The van der Waals surface area contributed by atoms with Crippen molar-refractivity contribution in [1.82, 2.24) is 9.80 Å².